The molecule has 4 saturated heterocycles. The van der Waals surface area contributed by atoms with Crippen LogP contribution in [0.25, 0.3) is 0 Å². The normalized spacial score (nSPS) is 54.7. The average Bonchev–Trinajstić information content (AvgIpc) is 2.44. The summed E-state index contributed by atoms with van der Waals surface area (Å²) in [6, 6.07) is 0. The monoisotopic (exact) mass is 433 g/mol. The Labute approximate surface area is 150 Å². The third kappa shape index (κ3) is 1.28. The van der Waals surface area contributed by atoms with Gasteiger partial charge in [-0.3, -0.25) is 0 Å². The van der Waals surface area contributed by atoms with E-state index in [1.807, 2.05) is 0 Å². The van der Waals surface area contributed by atoms with Crippen LogP contribution in [0, 0.1) is 0 Å². The van der Waals surface area contributed by atoms with Gasteiger partial charge in [-0.2, -0.15) is 0 Å². The van der Waals surface area contributed by atoms with E-state index < -0.39 is 51.7 Å². The quantitative estimate of drug-likeness (QED) is 0.544. The summed E-state index contributed by atoms with van der Waals surface area (Å²) in [4.78, 5) is 0. The molecule has 4 heterocycles. The average molecular weight is 434 g/mol. The van der Waals surface area contributed by atoms with Crippen molar-refractivity contribution in [1.29, 1.82) is 0 Å². The standard InChI is InChI=1S/C13H39N3Si7/c1-14-20(10)15(2)22(12)16(3)21(14,11)18(6,7)23(13,17(20,4)5)19(22,8)9/h1-13H3. The Morgan fingerprint density at radius 3 is 0.739 bits per heavy atom. The van der Waals surface area contributed by atoms with Crippen LogP contribution in [0.2, 0.25) is 65.5 Å². The topological polar surface area (TPSA) is 9.72 Å². The summed E-state index contributed by atoms with van der Waals surface area (Å²) in [5, 5.41) is 0. The lowest BCUT2D eigenvalue weighted by Crippen LogP contribution is -3.20. The molecule has 0 N–H and O–H groups in total. The zero-order valence-corrected chi connectivity index (χ0v) is 24.8. The van der Waals surface area contributed by atoms with Gasteiger partial charge in [-0.1, -0.05) is 45.8 Å². The molecule has 4 fully saturated rings. The maximum atomic E-state index is 3.16. The third-order valence-corrected chi connectivity index (χ3v) is 169. The predicted molar refractivity (Wildman–Crippen MR) is 122 cm³/mol. The molecule has 0 saturated carbocycles. The van der Waals surface area contributed by atoms with Crippen LogP contribution >= 0.6 is 0 Å². The van der Waals surface area contributed by atoms with Crippen molar-refractivity contribution in [2.24, 2.45) is 0 Å². The van der Waals surface area contributed by atoms with E-state index in [1.165, 1.54) is 0 Å². The molecule has 0 aromatic heterocycles. The van der Waals surface area contributed by atoms with Gasteiger partial charge < -0.3 is 12.7 Å². The van der Waals surface area contributed by atoms with Gasteiger partial charge in [0.15, 0.2) is 23.7 Å². The van der Waals surface area contributed by atoms with Crippen molar-refractivity contribution in [3.63, 3.8) is 0 Å². The molecule has 0 aliphatic carbocycles. The first-order chi connectivity index (χ1) is 9.96. The predicted octanol–water partition coefficient (Wildman–Crippen LogP) is 2.71. The molecule has 4 aliphatic rings. The molecular formula is C13H39N3Si7. The lowest BCUT2D eigenvalue weighted by atomic mass is 11.6. The van der Waals surface area contributed by atoms with Crippen LogP contribution in [0.3, 0.4) is 0 Å². The first-order valence-electron chi connectivity index (χ1n) is 9.18. The van der Waals surface area contributed by atoms with Crippen LogP contribution in [-0.2, 0) is 0 Å². The van der Waals surface area contributed by atoms with Crippen LogP contribution in [0.4, 0.5) is 0 Å². The molecule has 0 aromatic carbocycles. The fourth-order valence-corrected chi connectivity index (χ4v) is 285. The molecule has 3 nitrogen and oxygen atoms in total. The zero-order valence-electron chi connectivity index (χ0n) is 17.8. The maximum Gasteiger partial charge on any atom is 0.173 e. The Balaban J connectivity index is 2.53. The number of hydrogen-bond donors (Lipinski definition) is 0. The van der Waals surface area contributed by atoms with E-state index in [-0.39, 0.29) is 0 Å². The summed E-state index contributed by atoms with van der Waals surface area (Å²) in [5.74, 6) is 0. The fourth-order valence-electron chi connectivity index (χ4n) is 8.23. The Morgan fingerprint density at radius 2 is 0.565 bits per heavy atom. The van der Waals surface area contributed by atoms with E-state index in [4.69, 9.17) is 0 Å². The van der Waals surface area contributed by atoms with E-state index in [1.54, 1.807) is 0 Å². The summed E-state index contributed by atoms with van der Waals surface area (Å²) in [5.41, 5.74) is 0. The fraction of sp³-hybridized carbons (Fsp3) is 1.00. The van der Waals surface area contributed by atoms with Gasteiger partial charge in [-0.05, 0) is 40.8 Å². The molecular weight excluding hydrogens is 395 g/mol. The third-order valence-electron chi connectivity index (χ3n) is 11.2. The van der Waals surface area contributed by atoms with Crippen molar-refractivity contribution in [2.75, 3.05) is 21.1 Å². The van der Waals surface area contributed by atoms with Gasteiger partial charge in [-0.15, -0.1) is 0 Å². The molecule has 0 spiro atoms. The van der Waals surface area contributed by atoms with Gasteiger partial charge in [0.1, 0.15) is 0 Å². The molecule has 10 heteroatoms. The zero-order chi connectivity index (χ0) is 18.2. The Morgan fingerprint density at radius 1 is 0.391 bits per heavy atom. The SMILES string of the molecule is CN1[Si]2(C)N(C)[Si]3(C)N(C)[Si]1(C)[Si](C)(C)[Si](C)([Si]2(C)C)[Si]3(C)C. The summed E-state index contributed by atoms with van der Waals surface area (Å²) >= 11 is 0. The van der Waals surface area contributed by atoms with Crippen molar-refractivity contribution in [1.82, 2.24) is 12.7 Å². The first kappa shape index (κ1) is 19.2. The van der Waals surface area contributed by atoms with Crippen molar-refractivity contribution in [2.45, 2.75) is 65.5 Å². The minimum atomic E-state index is -1.45. The number of hydrogen-bond acceptors (Lipinski definition) is 3. The van der Waals surface area contributed by atoms with Crippen molar-refractivity contribution >= 4 is 51.7 Å². The van der Waals surface area contributed by atoms with Gasteiger partial charge >= 0.3 is 0 Å². The molecule has 134 valence electrons. The smallest absolute Gasteiger partial charge is 0.173 e. The lowest BCUT2D eigenvalue weighted by molar-refractivity contribution is 0.509. The molecule has 0 atom stereocenters. The summed E-state index contributed by atoms with van der Waals surface area (Å²) in [6.07, 6.45) is 0. The van der Waals surface area contributed by atoms with Crippen LogP contribution in [0.1, 0.15) is 0 Å². The van der Waals surface area contributed by atoms with E-state index in [9.17, 15) is 0 Å². The molecule has 4 rings (SSSR count). The van der Waals surface area contributed by atoms with E-state index in [2.05, 4.69) is 99.3 Å². The highest BCUT2D eigenvalue weighted by Crippen LogP contribution is 2.62. The second-order valence-corrected chi connectivity index (χ2v) is 83.3. The molecule has 0 amide bonds. The van der Waals surface area contributed by atoms with Crippen LogP contribution in [-0.4, -0.2) is 85.5 Å². The molecule has 0 aromatic rings. The largest absolute Gasteiger partial charge is 0.330 e. The molecule has 4 aliphatic heterocycles. The van der Waals surface area contributed by atoms with Gasteiger partial charge in [0, 0.05) is 6.63 Å². The van der Waals surface area contributed by atoms with Crippen molar-refractivity contribution in [3.8, 4) is 0 Å². The highest BCUT2D eigenvalue weighted by atomic mass is 30.2. The van der Waals surface area contributed by atoms with E-state index in [0.717, 1.165) is 0 Å². The first-order valence-corrected chi connectivity index (χ1v) is 33.9. The number of rotatable bonds is 0. The highest BCUT2D eigenvalue weighted by molar-refractivity contribution is 8.14. The van der Waals surface area contributed by atoms with Crippen LogP contribution in [0.15, 0.2) is 0 Å². The second-order valence-electron chi connectivity index (χ2n) is 10.7. The second kappa shape index (κ2) is 4.28. The Hall–Kier alpha value is 1.40. The van der Waals surface area contributed by atoms with Crippen molar-refractivity contribution in [3.05, 3.63) is 0 Å². The van der Waals surface area contributed by atoms with Crippen LogP contribution < -0.4 is 0 Å². The Kier molecular flexibility index (Phi) is 3.56. The highest BCUT2D eigenvalue weighted by Gasteiger charge is 2.92. The van der Waals surface area contributed by atoms with Gasteiger partial charge in [0.25, 0.3) is 0 Å². The van der Waals surface area contributed by atoms with Gasteiger partial charge in [0.2, 0.25) is 0 Å². The molecule has 4 bridgehead atoms. The summed E-state index contributed by atoms with van der Waals surface area (Å²) in [7, 11) is -0.239. The minimum Gasteiger partial charge on any atom is -0.330 e. The van der Waals surface area contributed by atoms with Crippen LogP contribution in [0.5, 0.6) is 0 Å². The summed E-state index contributed by atoms with van der Waals surface area (Å²) < 4.78 is 9.47. The van der Waals surface area contributed by atoms with Gasteiger partial charge in [-0.25, -0.2) is 0 Å². The maximum absolute atomic E-state index is 3.16. The molecule has 0 unspecified atom stereocenters. The van der Waals surface area contributed by atoms with Crippen molar-refractivity contribution < 1.29 is 0 Å². The molecule has 0 radical (unpaired) electrons. The molecule has 23 heavy (non-hydrogen) atoms. The summed E-state index contributed by atoms with van der Waals surface area (Å²) in [6.45, 7) is 27.6. The Bertz CT molecular complexity index is 499. The van der Waals surface area contributed by atoms with Gasteiger partial charge in [0.05, 0.1) is 21.3 Å². The van der Waals surface area contributed by atoms with E-state index in [0.29, 0.717) is 0 Å². The van der Waals surface area contributed by atoms with E-state index >= 15 is 0 Å². The minimum absolute atomic E-state index is 1.15. The lowest BCUT2D eigenvalue weighted by Gasteiger charge is -2.89. The number of nitrogens with zero attached hydrogens (tertiary/aromatic N) is 3.